The van der Waals surface area contributed by atoms with E-state index in [4.69, 9.17) is 9.47 Å². The number of ketones is 1. The Morgan fingerprint density at radius 2 is 1.68 bits per heavy atom. The number of rotatable bonds is 11. The minimum atomic E-state index is -4.50. The van der Waals surface area contributed by atoms with E-state index in [-0.39, 0.29) is 31.3 Å². The van der Waals surface area contributed by atoms with Gasteiger partial charge in [0.2, 0.25) is 0 Å². The van der Waals surface area contributed by atoms with Gasteiger partial charge in [0.25, 0.3) is 0 Å². The van der Waals surface area contributed by atoms with E-state index in [2.05, 4.69) is 5.32 Å². The van der Waals surface area contributed by atoms with Crippen LogP contribution in [0.4, 0.5) is 13.2 Å². The van der Waals surface area contributed by atoms with E-state index in [0.29, 0.717) is 41.0 Å². The maximum Gasteiger partial charge on any atom is 0.416 e. The topological polar surface area (TPSA) is 64.6 Å². The fourth-order valence-corrected chi connectivity index (χ4v) is 3.68. The molecule has 0 aliphatic rings. The first-order valence-electron chi connectivity index (χ1n) is 11.2. The molecule has 8 heteroatoms. The van der Waals surface area contributed by atoms with Crippen molar-refractivity contribution in [3.63, 3.8) is 0 Å². The third-order valence-corrected chi connectivity index (χ3v) is 5.96. The van der Waals surface area contributed by atoms with Crippen LogP contribution in [0.5, 0.6) is 5.75 Å². The van der Waals surface area contributed by atoms with E-state index in [1.165, 1.54) is 20.1 Å². The monoisotopic (exact) mass is 479 g/mol. The van der Waals surface area contributed by atoms with Gasteiger partial charge in [0.15, 0.2) is 0 Å². The standard InChI is InChI=1S/C26H32F3NO4/c1-6-25(4,24(32)34-7-2)19-9-11-23(33-5)22(15-19)21-10-8-20(26(27,28)29)14-18(21)16-30-13-12-17(3)31/h8-11,14-15,30H,6-7,12-13,16H2,1-5H3. The molecule has 0 aliphatic heterocycles. The zero-order chi connectivity index (χ0) is 25.5. The molecule has 0 radical (unpaired) electrons. The van der Waals surface area contributed by atoms with Crippen LogP contribution in [0.2, 0.25) is 0 Å². The lowest BCUT2D eigenvalue weighted by molar-refractivity contribution is -0.149. The number of halogens is 3. The molecule has 0 aliphatic carbocycles. The second kappa shape index (κ2) is 11.5. The second-order valence-electron chi connectivity index (χ2n) is 8.32. The first kappa shape index (κ1) is 27.4. The number of benzene rings is 2. The van der Waals surface area contributed by atoms with Gasteiger partial charge in [0.1, 0.15) is 11.5 Å². The van der Waals surface area contributed by atoms with Crippen LogP contribution in [-0.4, -0.2) is 32.0 Å². The molecular weight excluding hydrogens is 447 g/mol. The maximum atomic E-state index is 13.4. The minimum Gasteiger partial charge on any atom is -0.496 e. The van der Waals surface area contributed by atoms with Gasteiger partial charge in [-0.3, -0.25) is 9.59 Å². The summed E-state index contributed by atoms with van der Waals surface area (Å²) < 4.78 is 51.1. The van der Waals surface area contributed by atoms with Gasteiger partial charge in [-0.15, -0.1) is 0 Å². The molecule has 0 spiro atoms. The van der Waals surface area contributed by atoms with E-state index in [1.54, 1.807) is 32.0 Å². The summed E-state index contributed by atoms with van der Waals surface area (Å²) in [6, 6.07) is 8.82. The molecule has 0 saturated heterocycles. The molecule has 1 atom stereocenters. The Balaban J connectivity index is 2.62. The van der Waals surface area contributed by atoms with E-state index < -0.39 is 17.2 Å². The Bertz CT molecular complexity index is 1020. The fraction of sp³-hybridized carbons (Fsp3) is 0.462. The highest BCUT2D eigenvalue weighted by atomic mass is 19.4. The van der Waals surface area contributed by atoms with E-state index in [9.17, 15) is 22.8 Å². The van der Waals surface area contributed by atoms with Crippen LogP contribution in [-0.2, 0) is 32.5 Å². The molecule has 0 heterocycles. The number of alkyl halides is 3. The second-order valence-corrected chi connectivity index (χ2v) is 8.32. The van der Waals surface area contributed by atoms with Crippen molar-refractivity contribution in [3.8, 4) is 16.9 Å². The number of carbonyl (C=O) groups is 2. The highest BCUT2D eigenvalue weighted by molar-refractivity contribution is 5.84. The molecule has 0 bridgehead atoms. The van der Waals surface area contributed by atoms with Crippen molar-refractivity contribution in [1.82, 2.24) is 5.32 Å². The average molecular weight is 480 g/mol. The molecule has 2 rings (SSSR count). The number of carbonyl (C=O) groups excluding carboxylic acids is 2. The van der Waals surface area contributed by atoms with Crippen LogP contribution in [0.25, 0.3) is 11.1 Å². The van der Waals surface area contributed by atoms with Gasteiger partial charge < -0.3 is 14.8 Å². The Kier molecular flexibility index (Phi) is 9.27. The molecule has 2 aromatic rings. The summed E-state index contributed by atoms with van der Waals surface area (Å²) in [6.45, 7) is 7.58. The molecule has 5 nitrogen and oxygen atoms in total. The summed E-state index contributed by atoms with van der Waals surface area (Å²) in [7, 11) is 1.48. The normalized spacial score (nSPS) is 13.3. The SMILES string of the molecule is CCOC(=O)C(C)(CC)c1ccc(OC)c(-c2ccc(C(F)(F)F)cc2CNCCC(C)=O)c1. The van der Waals surface area contributed by atoms with Crippen LogP contribution in [0.15, 0.2) is 36.4 Å². The number of Topliss-reactive ketones (excluding diaryl/α,β-unsaturated/α-hetero) is 1. The van der Waals surface area contributed by atoms with Gasteiger partial charge in [-0.2, -0.15) is 13.2 Å². The van der Waals surface area contributed by atoms with Crippen molar-refractivity contribution in [2.24, 2.45) is 0 Å². The summed E-state index contributed by atoms with van der Waals surface area (Å²) in [5, 5.41) is 3.05. The molecule has 34 heavy (non-hydrogen) atoms. The van der Waals surface area contributed by atoms with Gasteiger partial charge in [-0.05, 0) is 68.1 Å². The molecule has 2 aromatic carbocycles. The van der Waals surface area contributed by atoms with Crippen molar-refractivity contribution in [1.29, 1.82) is 0 Å². The van der Waals surface area contributed by atoms with E-state index in [0.717, 1.165) is 12.1 Å². The fourth-order valence-electron chi connectivity index (χ4n) is 3.68. The van der Waals surface area contributed by atoms with Crippen LogP contribution >= 0.6 is 0 Å². The molecule has 1 N–H and O–H groups in total. The zero-order valence-corrected chi connectivity index (χ0v) is 20.3. The molecular formula is C26H32F3NO4. The first-order chi connectivity index (χ1) is 16.0. The maximum absolute atomic E-state index is 13.4. The summed E-state index contributed by atoms with van der Waals surface area (Å²) in [4.78, 5) is 24.0. The molecule has 0 fully saturated rings. The third kappa shape index (κ3) is 6.38. The van der Waals surface area contributed by atoms with Crippen molar-refractivity contribution in [2.75, 3.05) is 20.3 Å². The highest BCUT2D eigenvalue weighted by Gasteiger charge is 2.36. The van der Waals surface area contributed by atoms with E-state index >= 15 is 0 Å². The van der Waals surface area contributed by atoms with Crippen molar-refractivity contribution in [3.05, 3.63) is 53.1 Å². The molecule has 0 saturated carbocycles. The smallest absolute Gasteiger partial charge is 0.416 e. The van der Waals surface area contributed by atoms with Crippen molar-refractivity contribution >= 4 is 11.8 Å². The lowest BCUT2D eigenvalue weighted by Gasteiger charge is -2.27. The Morgan fingerprint density at radius 1 is 1.00 bits per heavy atom. The number of nitrogens with one attached hydrogen (secondary N) is 1. The van der Waals surface area contributed by atoms with Gasteiger partial charge in [0, 0.05) is 25.1 Å². The van der Waals surface area contributed by atoms with Crippen LogP contribution in [0.1, 0.15) is 57.2 Å². The van der Waals surface area contributed by atoms with Gasteiger partial charge in [-0.25, -0.2) is 0 Å². The molecule has 186 valence electrons. The predicted octanol–water partition coefficient (Wildman–Crippen LogP) is 5.68. The molecule has 0 amide bonds. The minimum absolute atomic E-state index is 0.0102. The van der Waals surface area contributed by atoms with Crippen molar-refractivity contribution < 1.29 is 32.2 Å². The number of esters is 1. The number of hydrogen-bond donors (Lipinski definition) is 1. The number of ether oxygens (including phenoxy) is 2. The van der Waals surface area contributed by atoms with Gasteiger partial charge in [-0.1, -0.05) is 19.1 Å². The predicted molar refractivity (Wildman–Crippen MR) is 125 cm³/mol. The number of hydrogen-bond acceptors (Lipinski definition) is 5. The lowest BCUT2D eigenvalue weighted by Crippen LogP contribution is -2.33. The average Bonchev–Trinajstić information content (AvgIpc) is 2.80. The van der Waals surface area contributed by atoms with Gasteiger partial charge >= 0.3 is 12.1 Å². The Labute approximate surface area is 198 Å². The van der Waals surface area contributed by atoms with Gasteiger partial charge in [0.05, 0.1) is 24.7 Å². The summed E-state index contributed by atoms with van der Waals surface area (Å²) in [5.74, 6) is 0.0897. The van der Waals surface area contributed by atoms with E-state index in [1.807, 2.05) is 6.92 Å². The molecule has 0 aromatic heterocycles. The Hall–Kier alpha value is -2.87. The molecule has 1 unspecified atom stereocenters. The lowest BCUT2D eigenvalue weighted by atomic mass is 9.78. The van der Waals surface area contributed by atoms with Crippen LogP contribution < -0.4 is 10.1 Å². The summed E-state index contributed by atoms with van der Waals surface area (Å²) >= 11 is 0. The third-order valence-electron chi connectivity index (χ3n) is 5.96. The zero-order valence-electron chi connectivity index (χ0n) is 20.3. The largest absolute Gasteiger partial charge is 0.496 e. The van der Waals surface area contributed by atoms with Crippen molar-refractivity contribution in [2.45, 2.75) is 58.7 Å². The quantitative estimate of drug-likeness (QED) is 0.332. The van der Waals surface area contributed by atoms with Crippen LogP contribution in [0.3, 0.4) is 0 Å². The van der Waals surface area contributed by atoms with Crippen LogP contribution in [0, 0.1) is 0 Å². The number of methoxy groups -OCH3 is 1. The first-order valence-corrected chi connectivity index (χ1v) is 11.2. The summed E-state index contributed by atoms with van der Waals surface area (Å²) in [6.07, 6.45) is -3.74. The highest BCUT2D eigenvalue weighted by Crippen LogP contribution is 2.40. The summed E-state index contributed by atoms with van der Waals surface area (Å²) in [5.41, 5.74) is 0.510. The Morgan fingerprint density at radius 3 is 2.24 bits per heavy atom.